The SMILES string of the molecule is CC(C)CN(CCN(C)C)C(CN)c1ccccc1F. The largest absolute Gasteiger partial charge is 0.329 e. The molecule has 1 rings (SSSR count). The lowest BCUT2D eigenvalue weighted by Crippen LogP contribution is -2.40. The molecule has 114 valence electrons. The van der Waals surface area contributed by atoms with Crippen molar-refractivity contribution in [2.24, 2.45) is 11.7 Å². The highest BCUT2D eigenvalue weighted by atomic mass is 19.1. The van der Waals surface area contributed by atoms with Crippen molar-refractivity contribution >= 4 is 0 Å². The number of rotatable bonds is 8. The molecule has 1 aromatic rings. The van der Waals surface area contributed by atoms with Crippen LogP contribution in [-0.2, 0) is 0 Å². The van der Waals surface area contributed by atoms with Crippen LogP contribution in [0.2, 0.25) is 0 Å². The van der Waals surface area contributed by atoms with Crippen LogP contribution in [0, 0.1) is 11.7 Å². The molecule has 0 radical (unpaired) electrons. The van der Waals surface area contributed by atoms with Crippen LogP contribution in [-0.4, -0.2) is 50.1 Å². The van der Waals surface area contributed by atoms with Crippen LogP contribution < -0.4 is 5.73 Å². The molecule has 4 heteroatoms. The van der Waals surface area contributed by atoms with E-state index in [1.807, 2.05) is 26.2 Å². The molecular weight excluding hydrogens is 253 g/mol. The lowest BCUT2D eigenvalue weighted by atomic mass is 10.0. The molecule has 0 bridgehead atoms. The summed E-state index contributed by atoms with van der Waals surface area (Å²) in [7, 11) is 4.10. The van der Waals surface area contributed by atoms with Gasteiger partial charge >= 0.3 is 0 Å². The van der Waals surface area contributed by atoms with Crippen molar-refractivity contribution in [2.45, 2.75) is 19.9 Å². The van der Waals surface area contributed by atoms with Gasteiger partial charge in [0.25, 0.3) is 0 Å². The summed E-state index contributed by atoms with van der Waals surface area (Å²) in [6.45, 7) is 7.54. The van der Waals surface area contributed by atoms with Gasteiger partial charge in [0, 0.05) is 37.8 Å². The van der Waals surface area contributed by atoms with Gasteiger partial charge in [0.2, 0.25) is 0 Å². The zero-order chi connectivity index (χ0) is 15.1. The molecule has 0 amide bonds. The smallest absolute Gasteiger partial charge is 0.128 e. The fourth-order valence-corrected chi connectivity index (χ4v) is 2.39. The van der Waals surface area contributed by atoms with Gasteiger partial charge in [-0.2, -0.15) is 0 Å². The van der Waals surface area contributed by atoms with Crippen molar-refractivity contribution in [3.63, 3.8) is 0 Å². The Morgan fingerprint density at radius 3 is 2.30 bits per heavy atom. The van der Waals surface area contributed by atoms with Crippen LogP contribution in [0.1, 0.15) is 25.5 Å². The minimum Gasteiger partial charge on any atom is -0.329 e. The number of hydrogen-bond donors (Lipinski definition) is 1. The van der Waals surface area contributed by atoms with Gasteiger partial charge in [0.15, 0.2) is 0 Å². The lowest BCUT2D eigenvalue weighted by Gasteiger charge is -2.33. The third kappa shape index (κ3) is 5.19. The Bertz CT molecular complexity index is 393. The Morgan fingerprint density at radius 1 is 1.15 bits per heavy atom. The van der Waals surface area contributed by atoms with Gasteiger partial charge in [-0.05, 0) is 26.1 Å². The normalized spacial score (nSPS) is 13.4. The van der Waals surface area contributed by atoms with Crippen molar-refractivity contribution in [1.29, 1.82) is 0 Å². The molecule has 0 spiro atoms. The van der Waals surface area contributed by atoms with Crippen LogP contribution in [0.3, 0.4) is 0 Å². The van der Waals surface area contributed by atoms with E-state index in [1.54, 1.807) is 6.07 Å². The van der Waals surface area contributed by atoms with E-state index in [0.29, 0.717) is 18.0 Å². The lowest BCUT2D eigenvalue weighted by molar-refractivity contribution is 0.161. The number of nitrogens with two attached hydrogens (primary N) is 1. The van der Waals surface area contributed by atoms with Crippen LogP contribution in [0.15, 0.2) is 24.3 Å². The van der Waals surface area contributed by atoms with Crippen LogP contribution in [0.25, 0.3) is 0 Å². The highest BCUT2D eigenvalue weighted by Crippen LogP contribution is 2.23. The van der Waals surface area contributed by atoms with Crippen LogP contribution in [0.5, 0.6) is 0 Å². The van der Waals surface area contributed by atoms with E-state index < -0.39 is 0 Å². The van der Waals surface area contributed by atoms with Crippen molar-refractivity contribution in [3.8, 4) is 0 Å². The van der Waals surface area contributed by atoms with Gasteiger partial charge in [-0.15, -0.1) is 0 Å². The monoisotopic (exact) mass is 281 g/mol. The highest BCUT2D eigenvalue weighted by molar-refractivity contribution is 5.21. The summed E-state index contributed by atoms with van der Waals surface area (Å²) in [6.07, 6.45) is 0. The standard InChI is InChI=1S/C16H28FN3/c1-13(2)12-20(10-9-19(3)4)16(11-18)14-7-5-6-8-15(14)17/h5-8,13,16H,9-12,18H2,1-4H3. The van der Waals surface area contributed by atoms with E-state index in [9.17, 15) is 4.39 Å². The minimum absolute atomic E-state index is 0.0569. The molecule has 0 heterocycles. The maximum Gasteiger partial charge on any atom is 0.128 e. The Balaban J connectivity index is 2.92. The zero-order valence-electron chi connectivity index (χ0n) is 13.1. The summed E-state index contributed by atoms with van der Waals surface area (Å²) < 4.78 is 14.0. The first-order chi connectivity index (χ1) is 9.45. The van der Waals surface area contributed by atoms with Crippen LogP contribution >= 0.6 is 0 Å². The first-order valence-corrected chi connectivity index (χ1v) is 7.29. The third-order valence-electron chi connectivity index (χ3n) is 3.36. The van der Waals surface area contributed by atoms with E-state index in [0.717, 1.165) is 19.6 Å². The average Bonchev–Trinajstić information content (AvgIpc) is 2.38. The van der Waals surface area contributed by atoms with E-state index >= 15 is 0 Å². The summed E-state index contributed by atoms with van der Waals surface area (Å²) in [5.74, 6) is 0.361. The van der Waals surface area contributed by atoms with Gasteiger partial charge in [-0.1, -0.05) is 32.0 Å². The molecule has 0 aliphatic rings. The topological polar surface area (TPSA) is 32.5 Å². The number of hydrogen-bond acceptors (Lipinski definition) is 3. The number of halogens is 1. The van der Waals surface area contributed by atoms with E-state index in [-0.39, 0.29) is 11.9 Å². The molecule has 0 fully saturated rings. The molecule has 1 aromatic carbocycles. The molecule has 0 aliphatic heterocycles. The van der Waals surface area contributed by atoms with Gasteiger partial charge < -0.3 is 10.6 Å². The maximum absolute atomic E-state index is 14.0. The molecule has 1 atom stereocenters. The van der Waals surface area contributed by atoms with Gasteiger partial charge in [-0.25, -0.2) is 4.39 Å². The molecule has 1 unspecified atom stereocenters. The van der Waals surface area contributed by atoms with Gasteiger partial charge in [0.05, 0.1) is 0 Å². The molecule has 0 aliphatic carbocycles. The average molecular weight is 281 g/mol. The number of benzene rings is 1. The Labute approximate surface area is 122 Å². The maximum atomic E-state index is 14.0. The second-order valence-electron chi connectivity index (χ2n) is 5.97. The Morgan fingerprint density at radius 2 is 1.80 bits per heavy atom. The molecule has 3 nitrogen and oxygen atoms in total. The summed E-state index contributed by atoms with van der Waals surface area (Å²) in [5, 5.41) is 0. The molecule has 0 saturated carbocycles. The summed E-state index contributed by atoms with van der Waals surface area (Å²) >= 11 is 0. The Hall–Kier alpha value is -0.970. The molecule has 0 saturated heterocycles. The minimum atomic E-state index is -0.165. The molecule has 20 heavy (non-hydrogen) atoms. The van der Waals surface area contributed by atoms with Crippen molar-refractivity contribution in [3.05, 3.63) is 35.6 Å². The van der Waals surface area contributed by atoms with E-state index in [4.69, 9.17) is 5.73 Å². The van der Waals surface area contributed by atoms with E-state index in [1.165, 1.54) is 6.07 Å². The predicted octanol–water partition coefficient (Wildman–Crippen LogP) is 2.35. The first kappa shape index (κ1) is 17.1. The zero-order valence-corrected chi connectivity index (χ0v) is 13.1. The fourth-order valence-electron chi connectivity index (χ4n) is 2.39. The summed E-state index contributed by atoms with van der Waals surface area (Å²) in [6, 6.07) is 6.89. The second kappa shape index (κ2) is 8.35. The quantitative estimate of drug-likeness (QED) is 0.794. The number of nitrogens with zero attached hydrogens (tertiary/aromatic N) is 2. The van der Waals surface area contributed by atoms with E-state index in [2.05, 4.69) is 23.6 Å². The van der Waals surface area contributed by atoms with Gasteiger partial charge in [-0.3, -0.25) is 4.90 Å². The van der Waals surface area contributed by atoms with Crippen molar-refractivity contribution in [1.82, 2.24) is 9.80 Å². The highest BCUT2D eigenvalue weighted by Gasteiger charge is 2.22. The number of likely N-dealkylation sites (N-methyl/N-ethyl adjacent to an activating group) is 1. The summed E-state index contributed by atoms with van der Waals surface area (Å²) in [5.41, 5.74) is 6.64. The first-order valence-electron chi connectivity index (χ1n) is 7.29. The van der Waals surface area contributed by atoms with Crippen molar-refractivity contribution in [2.75, 3.05) is 40.3 Å². The second-order valence-corrected chi connectivity index (χ2v) is 5.97. The molecule has 0 aromatic heterocycles. The molecule has 2 N–H and O–H groups in total. The Kier molecular flexibility index (Phi) is 7.13. The predicted molar refractivity (Wildman–Crippen MR) is 83.2 cm³/mol. The van der Waals surface area contributed by atoms with Crippen molar-refractivity contribution < 1.29 is 4.39 Å². The van der Waals surface area contributed by atoms with Crippen LogP contribution in [0.4, 0.5) is 4.39 Å². The summed E-state index contributed by atoms with van der Waals surface area (Å²) in [4.78, 5) is 4.44. The molecular formula is C16H28FN3. The fraction of sp³-hybridized carbons (Fsp3) is 0.625. The third-order valence-corrected chi connectivity index (χ3v) is 3.36. The van der Waals surface area contributed by atoms with Gasteiger partial charge in [0.1, 0.15) is 5.82 Å².